The predicted octanol–water partition coefficient (Wildman–Crippen LogP) is 2.66. The van der Waals surface area contributed by atoms with Crippen molar-refractivity contribution in [3.05, 3.63) is 0 Å². The second-order valence-corrected chi connectivity index (χ2v) is 9.09. The average Bonchev–Trinajstić information content (AvgIpc) is 2.48. The summed E-state index contributed by atoms with van der Waals surface area (Å²) in [5, 5.41) is 5.13. The Balaban J connectivity index is 2.74. The van der Waals surface area contributed by atoms with E-state index in [-0.39, 0.29) is 12.5 Å². The lowest BCUT2D eigenvalue weighted by molar-refractivity contribution is -0.134. The molecular weight excluding hydrogens is 350 g/mol. The second kappa shape index (κ2) is 9.28. The second-order valence-electron chi connectivity index (χ2n) is 9.09. The average molecular weight is 386 g/mol. The maximum atomic E-state index is 12.9. The Hall–Kier alpha value is -1.99. The Kier molecular flexibility index (Phi) is 7.92. The van der Waals surface area contributed by atoms with Gasteiger partial charge < -0.3 is 25.0 Å². The molecule has 8 heteroatoms. The molecule has 8 nitrogen and oxygen atoms in total. The van der Waals surface area contributed by atoms with Gasteiger partial charge >= 0.3 is 12.2 Å². The Bertz CT molecular complexity index is 528. The molecule has 1 saturated heterocycles. The zero-order valence-corrected chi connectivity index (χ0v) is 17.7. The van der Waals surface area contributed by atoms with Crippen LogP contribution in [0.25, 0.3) is 0 Å². The van der Waals surface area contributed by atoms with E-state index >= 15 is 0 Å². The molecule has 1 aliphatic rings. The van der Waals surface area contributed by atoms with E-state index in [1.54, 1.807) is 46.4 Å². The van der Waals surface area contributed by atoms with Crippen LogP contribution in [-0.2, 0) is 14.3 Å². The minimum atomic E-state index is -0.916. The van der Waals surface area contributed by atoms with Crippen LogP contribution in [0.1, 0.15) is 61.3 Å². The molecule has 1 aliphatic heterocycles. The maximum Gasteiger partial charge on any atom is 0.408 e. The van der Waals surface area contributed by atoms with Crippen molar-refractivity contribution in [2.45, 2.75) is 78.6 Å². The van der Waals surface area contributed by atoms with Crippen molar-refractivity contribution < 1.29 is 23.9 Å². The zero-order valence-electron chi connectivity index (χ0n) is 17.7. The Morgan fingerprint density at radius 3 is 1.93 bits per heavy atom. The fourth-order valence-electron chi connectivity index (χ4n) is 2.60. The SMILES string of the molecule is CC1CCN(C(=O)[C@@H](CNC(=O)OC(C)(C)C)NC(=O)OC(C)(C)C)CC1. The van der Waals surface area contributed by atoms with Gasteiger partial charge in [-0.15, -0.1) is 0 Å². The van der Waals surface area contributed by atoms with Gasteiger partial charge in [-0.05, 0) is 60.3 Å². The third-order valence-corrected chi connectivity index (χ3v) is 3.93. The van der Waals surface area contributed by atoms with Crippen LogP contribution in [-0.4, -0.2) is 59.9 Å². The number of hydrogen-bond acceptors (Lipinski definition) is 5. The monoisotopic (exact) mass is 385 g/mol. The fourth-order valence-corrected chi connectivity index (χ4v) is 2.60. The van der Waals surface area contributed by atoms with Gasteiger partial charge in [0.2, 0.25) is 5.91 Å². The zero-order chi connectivity index (χ0) is 20.8. The van der Waals surface area contributed by atoms with Gasteiger partial charge in [0.1, 0.15) is 17.2 Å². The molecule has 0 aliphatic carbocycles. The number of alkyl carbamates (subject to hydrolysis) is 2. The Morgan fingerprint density at radius 2 is 1.44 bits per heavy atom. The number of ether oxygens (including phenoxy) is 2. The van der Waals surface area contributed by atoms with E-state index in [4.69, 9.17) is 9.47 Å². The lowest BCUT2D eigenvalue weighted by Crippen LogP contribution is -2.56. The molecule has 0 radical (unpaired) electrons. The number of nitrogens with zero attached hydrogens (tertiary/aromatic N) is 1. The van der Waals surface area contributed by atoms with Gasteiger partial charge in [0.25, 0.3) is 0 Å². The van der Waals surface area contributed by atoms with Crippen LogP contribution in [0.2, 0.25) is 0 Å². The highest BCUT2D eigenvalue weighted by molar-refractivity contribution is 5.86. The first-order chi connectivity index (χ1) is 12.3. The summed E-state index contributed by atoms with van der Waals surface area (Å²) in [7, 11) is 0. The van der Waals surface area contributed by atoms with Crippen molar-refractivity contribution in [3.63, 3.8) is 0 Å². The van der Waals surface area contributed by atoms with Crippen molar-refractivity contribution in [2.24, 2.45) is 5.92 Å². The number of rotatable bonds is 4. The summed E-state index contributed by atoms with van der Waals surface area (Å²) >= 11 is 0. The first-order valence-electron chi connectivity index (χ1n) is 9.52. The van der Waals surface area contributed by atoms with Crippen LogP contribution in [0.15, 0.2) is 0 Å². The summed E-state index contributed by atoms with van der Waals surface area (Å²) in [5.41, 5.74) is -1.33. The van der Waals surface area contributed by atoms with Gasteiger partial charge in [-0.2, -0.15) is 0 Å². The maximum absolute atomic E-state index is 12.9. The molecule has 0 spiro atoms. The van der Waals surface area contributed by atoms with Crippen molar-refractivity contribution in [1.29, 1.82) is 0 Å². The lowest BCUT2D eigenvalue weighted by atomic mass is 9.98. The van der Waals surface area contributed by atoms with Crippen LogP contribution in [0.3, 0.4) is 0 Å². The van der Waals surface area contributed by atoms with E-state index in [9.17, 15) is 14.4 Å². The van der Waals surface area contributed by atoms with Crippen molar-refractivity contribution >= 4 is 18.1 Å². The smallest absolute Gasteiger partial charge is 0.408 e. The summed E-state index contributed by atoms with van der Waals surface area (Å²) in [6.45, 7) is 13.9. The van der Waals surface area contributed by atoms with Crippen LogP contribution in [0, 0.1) is 5.92 Å². The third-order valence-electron chi connectivity index (χ3n) is 3.93. The summed E-state index contributed by atoms with van der Waals surface area (Å²) in [6.07, 6.45) is 0.505. The van der Waals surface area contributed by atoms with Gasteiger partial charge in [0.15, 0.2) is 0 Å². The molecule has 0 aromatic rings. The highest BCUT2D eigenvalue weighted by Crippen LogP contribution is 2.17. The minimum absolute atomic E-state index is 0.0704. The summed E-state index contributed by atoms with van der Waals surface area (Å²) < 4.78 is 10.4. The summed E-state index contributed by atoms with van der Waals surface area (Å²) in [4.78, 5) is 38.6. The van der Waals surface area contributed by atoms with Gasteiger partial charge in [0.05, 0.1) is 6.54 Å². The first-order valence-corrected chi connectivity index (χ1v) is 9.52. The van der Waals surface area contributed by atoms with E-state index in [1.165, 1.54) is 0 Å². The molecule has 1 atom stereocenters. The lowest BCUT2D eigenvalue weighted by Gasteiger charge is -2.33. The van der Waals surface area contributed by atoms with Gasteiger partial charge in [-0.3, -0.25) is 4.79 Å². The topological polar surface area (TPSA) is 97.0 Å². The molecule has 1 fully saturated rings. The number of piperidine rings is 1. The van der Waals surface area contributed by atoms with Gasteiger partial charge in [-0.25, -0.2) is 9.59 Å². The number of hydrogen-bond donors (Lipinski definition) is 2. The molecular formula is C19H35N3O5. The van der Waals surface area contributed by atoms with Crippen molar-refractivity contribution in [2.75, 3.05) is 19.6 Å². The highest BCUT2D eigenvalue weighted by Gasteiger charge is 2.30. The fraction of sp³-hybridized carbons (Fsp3) is 0.842. The van der Waals surface area contributed by atoms with Crippen LogP contribution in [0.5, 0.6) is 0 Å². The highest BCUT2D eigenvalue weighted by atomic mass is 16.6. The van der Waals surface area contributed by atoms with E-state index in [1.807, 2.05) is 0 Å². The Labute approximate surface area is 162 Å². The molecule has 0 unspecified atom stereocenters. The molecule has 2 N–H and O–H groups in total. The van der Waals surface area contributed by atoms with Gasteiger partial charge in [-0.1, -0.05) is 6.92 Å². The molecule has 156 valence electrons. The van der Waals surface area contributed by atoms with Gasteiger partial charge in [0, 0.05) is 13.1 Å². The van der Waals surface area contributed by atoms with Crippen LogP contribution >= 0.6 is 0 Å². The first kappa shape index (κ1) is 23.0. The van der Waals surface area contributed by atoms with Crippen molar-refractivity contribution in [1.82, 2.24) is 15.5 Å². The van der Waals surface area contributed by atoms with Crippen molar-refractivity contribution in [3.8, 4) is 0 Å². The number of nitrogens with one attached hydrogen (secondary N) is 2. The number of carbonyl (C=O) groups excluding carboxylic acids is 3. The molecule has 3 amide bonds. The van der Waals surface area contributed by atoms with E-state index in [0.29, 0.717) is 19.0 Å². The van der Waals surface area contributed by atoms with Crippen LogP contribution < -0.4 is 10.6 Å². The number of carbonyl (C=O) groups is 3. The molecule has 0 aromatic carbocycles. The largest absolute Gasteiger partial charge is 0.444 e. The summed E-state index contributed by atoms with van der Waals surface area (Å²) in [5.74, 6) is 0.343. The normalized spacial score (nSPS) is 17.1. The van der Waals surface area contributed by atoms with E-state index in [0.717, 1.165) is 12.8 Å². The molecule has 1 rings (SSSR count). The predicted molar refractivity (Wildman–Crippen MR) is 102 cm³/mol. The molecule has 0 saturated carbocycles. The molecule has 1 heterocycles. The quantitative estimate of drug-likeness (QED) is 0.775. The number of amides is 3. The third kappa shape index (κ3) is 9.49. The van der Waals surface area contributed by atoms with Crippen LogP contribution in [0.4, 0.5) is 9.59 Å². The molecule has 27 heavy (non-hydrogen) atoms. The minimum Gasteiger partial charge on any atom is -0.444 e. The summed E-state index contributed by atoms with van der Waals surface area (Å²) in [6, 6.07) is -0.916. The Morgan fingerprint density at radius 1 is 0.963 bits per heavy atom. The standard InChI is InChI=1S/C19H35N3O5/c1-13-8-10-22(11-9-13)15(23)14(21-17(25)27-19(5,6)7)12-20-16(24)26-18(2,3)4/h13-14H,8-12H2,1-7H3,(H,20,24)(H,21,25)/t14-/m1/s1. The molecule has 0 bridgehead atoms. The molecule has 0 aromatic heterocycles. The van der Waals surface area contributed by atoms with E-state index in [2.05, 4.69) is 17.6 Å². The number of likely N-dealkylation sites (tertiary alicyclic amines) is 1. The van der Waals surface area contributed by atoms with E-state index < -0.39 is 29.4 Å².